The molecule has 0 saturated carbocycles. The van der Waals surface area contributed by atoms with Gasteiger partial charge < -0.3 is 18.6 Å². The van der Waals surface area contributed by atoms with Crippen molar-refractivity contribution in [3.05, 3.63) is 71.6 Å². The van der Waals surface area contributed by atoms with E-state index in [4.69, 9.17) is 18.6 Å². The highest BCUT2D eigenvalue weighted by atomic mass is 16.6. The van der Waals surface area contributed by atoms with Crippen LogP contribution in [0.4, 0.5) is 0 Å². The van der Waals surface area contributed by atoms with E-state index < -0.39 is 12.1 Å². The smallest absolute Gasteiger partial charge is 0.339 e. The van der Waals surface area contributed by atoms with E-state index in [1.54, 1.807) is 24.3 Å². The standard InChI is InChI=1S/C21H21NO5/c1-14-18(22-20(27-14)16-7-5-4-6-8-16)13-26-17-11-9-15(10-12-17)19(24-2)21(23)25-3/h4-12,19H,13H2,1-3H3. The number of carbonyl (C=O) groups excluding carboxylic acids is 1. The van der Waals surface area contributed by atoms with Crippen molar-refractivity contribution in [1.82, 2.24) is 4.98 Å². The highest BCUT2D eigenvalue weighted by Gasteiger charge is 2.20. The van der Waals surface area contributed by atoms with E-state index in [1.165, 1.54) is 14.2 Å². The molecule has 0 saturated heterocycles. The van der Waals surface area contributed by atoms with E-state index in [9.17, 15) is 4.79 Å². The fourth-order valence-corrected chi connectivity index (χ4v) is 2.63. The zero-order valence-electron chi connectivity index (χ0n) is 15.5. The van der Waals surface area contributed by atoms with Crippen LogP contribution in [-0.2, 0) is 20.9 Å². The van der Waals surface area contributed by atoms with Gasteiger partial charge in [-0.15, -0.1) is 0 Å². The van der Waals surface area contributed by atoms with Crippen LogP contribution in [0, 0.1) is 6.92 Å². The van der Waals surface area contributed by atoms with Crippen molar-refractivity contribution in [2.75, 3.05) is 14.2 Å². The van der Waals surface area contributed by atoms with Crippen LogP contribution in [-0.4, -0.2) is 25.2 Å². The van der Waals surface area contributed by atoms with Gasteiger partial charge >= 0.3 is 5.97 Å². The van der Waals surface area contributed by atoms with Crippen molar-refractivity contribution in [2.24, 2.45) is 0 Å². The van der Waals surface area contributed by atoms with Crippen molar-refractivity contribution in [1.29, 1.82) is 0 Å². The number of esters is 1. The Bertz CT molecular complexity index is 887. The summed E-state index contributed by atoms with van der Waals surface area (Å²) in [5, 5.41) is 0. The molecule has 6 nitrogen and oxygen atoms in total. The lowest BCUT2D eigenvalue weighted by Crippen LogP contribution is -2.15. The monoisotopic (exact) mass is 367 g/mol. The van der Waals surface area contributed by atoms with Gasteiger partial charge in [-0.05, 0) is 36.8 Å². The van der Waals surface area contributed by atoms with Crippen LogP contribution >= 0.6 is 0 Å². The fraction of sp³-hybridized carbons (Fsp3) is 0.238. The fourth-order valence-electron chi connectivity index (χ4n) is 2.63. The van der Waals surface area contributed by atoms with Gasteiger partial charge in [-0.2, -0.15) is 0 Å². The summed E-state index contributed by atoms with van der Waals surface area (Å²) in [4.78, 5) is 16.2. The first-order valence-corrected chi connectivity index (χ1v) is 8.47. The van der Waals surface area contributed by atoms with Crippen LogP contribution in [0.2, 0.25) is 0 Å². The third-order valence-electron chi connectivity index (χ3n) is 4.12. The Hall–Kier alpha value is -3.12. The van der Waals surface area contributed by atoms with Crippen LogP contribution in [0.15, 0.2) is 59.0 Å². The van der Waals surface area contributed by atoms with Gasteiger partial charge in [0.2, 0.25) is 5.89 Å². The van der Waals surface area contributed by atoms with Crippen molar-refractivity contribution in [3.63, 3.8) is 0 Å². The summed E-state index contributed by atoms with van der Waals surface area (Å²) in [7, 11) is 2.79. The third kappa shape index (κ3) is 4.35. The molecule has 1 unspecified atom stereocenters. The number of benzene rings is 2. The molecule has 0 amide bonds. The van der Waals surface area contributed by atoms with Crippen LogP contribution in [0.3, 0.4) is 0 Å². The molecule has 0 spiro atoms. The van der Waals surface area contributed by atoms with Crippen LogP contribution in [0.1, 0.15) is 23.1 Å². The van der Waals surface area contributed by atoms with Gasteiger partial charge in [0, 0.05) is 12.7 Å². The summed E-state index contributed by atoms with van der Waals surface area (Å²) in [5.74, 6) is 1.50. The molecule has 1 atom stereocenters. The van der Waals surface area contributed by atoms with Gasteiger partial charge in [-0.3, -0.25) is 0 Å². The Balaban J connectivity index is 1.67. The molecule has 27 heavy (non-hydrogen) atoms. The lowest BCUT2D eigenvalue weighted by molar-refractivity contribution is -0.152. The number of aryl methyl sites for hydroxylation is 1. The topological polar surface area (TPSA) is 70.8 Å². The number of hydrogen-bond acceptors (Lipinski definition) is 6. The van der Waals surface area contributed by atoms with Crippen LogP contribution in [0.5, 0.6) is 5.75 Å². The molecule has 0 N–H and O–H groups in total. The number of methoxy groups -OCH3 is 2. The Morgan fingerprint density at radius 1 is 1.07 bits per heavy atom. The molecule has 0 bridgehead atoms. The molecule has 1 heterocycles. The number of carbonyl (C=O) groups is 1. The van der Waals surface area contributed by atoms with Crippen molar-refractivity contribution in [3.8, 4) is 17.2 Å². The minimum Gasteiger partial charge on any atom is -0.487 e. The second-order valence-electron chi connectivity index (χ2n) is 5.88. The number of ether oxygens (including phenoxy) is 3. The second kappa shape index (κ2) is 8.51. The van der Waals surface area contributed by atoms with Crippen molar-refractivity contribution in [2.45, 2.75) is 19.6 Å². The van der Waals surface area contributed by atoms with Gasteiger partial charge in [-0.1, -0.05) is 30.3 Å². The number of oxazole rings is 1. The lowest BCUT2D eigenvalue weighted by Gasteiger charge is -2.13. The molecular weight excluding hydrogens is 346 g/mol. The zero-order chi connectivity index (χ0) is 19.2. The molecule has 0 aliphatic carbocycles. The third-order valence-corrected chi connectivity index (χ3v) is 4.12. The minimum absolute atomic E-state index is 0.284. The second-order valence-corrected chi connectivity index (χ2v) is 5.88. The molecule has 3 aromatic rings. The molecule has 0 radical (unpaired) electrons. The molecule has 0 aliphatic rings. The Labute approximate surface area is 157 Å². The van der Waals surface area contributed by atoms with E-state index in [1.807, 2.05) is 37.3 Å². The van der Waals surface area contributed by atoms with Gasteiger partial charge in [0.1, 0.15) is 23.8 Å². The largest absolute Gasteiger partial charge is 0.487 e. The number of rotatable bonds is 7. The molecule has 140 valence electrons. The highest BCUT2D eigenvalue weighted by Crippen LogP contribution is 2.24. The molecular formula is C21H21NO5. The maximum Gasteiger partial charge on any atom is 0.339 e. The summed E-state index contributed by atoms with van der Waals surface area (Å²) >= 11 is 0. The van der Waals surface area contributed by atoms with Gasteiger partial charge in [0.05, 0.1) is 7.11 Å². The lowest BCUT2D eigenvalue weighted by atomic mass is 10.1. The number of aromatic nitrogens is 1. The summed E-state index contributed by atoms with van der Waals surface area (Å²) in [6.45, 7) is 2.15. The van der Waals surface area contributed by atoms with E-state index in [0.29, 0.717) is 17.2 Å². The Morgan fingerprint density at radius 2 is 1.78 bits per heavy atom. The summed E-state index contributed by atoms with van der Waals surface area (Å²) in [5.41, 5.74) is 2.35. The Kier molecular flexibility index (Phi) is 5.88. The van der Waals surface area contributed by atoms with Gasteiger partial charge in [0.25, 0.3) is 0 Å². The van der Waals surface area contributed by atoms with Crippen molar-refractivity contribution >= 4 is 5.97 Å². The zero-order valence-corrected chi connectivity index (χ0v) is 15.5. The van der Waals surface area contributed by atoms with E-state index in [-0.39, 0.29) is 6.61 Å². The van der Waals surface area contributed by atoms with E-state index >= 15 is 0 Å². The number of hydrogen-bond donors (Lipinski definition) is 0. The maximum absolute atomic E-state index is 11.7. The highest BCUT2D eigenvalue weighted by molar-refractivity contribution is 5.76. The first kappa shape index (κ1) is 18.7. The quantitative estimate of drug-likeness (QED) is 0.586. The molecule has 6 heteroatoms. The van der Waals surface area contributed by atoms with Gasteiger partial charge in [-0.25, -0.2) is 9.78 Å². The molecule has 1 aromatic heterocycles. The summed E-state index contributed by atoms with van der Waals surface area (Å²) in [6.07, 6.45) is -0.754. The summed E-state index contributed by atoms with van der Waals surface area (Å²) < 4.78 is 21.4. The maximum atomic E-state index is 11.7. The minimum atomic E-state index is -0.754. The average molecular weight is 367 g/mol. The molecule has 3 rings (SSSR count). The molecule has 0 aliphatic heterocycles. The number of nitrogens with zero attached hydrogens (tertiary/aromatic N) is 1. The first-order valence-electron chi connectivity index (χ1n) is 8.47. The predicted molar refractivity (Wildman–Crippen MR) is 99.2 cm³/mol. The average Bonchev–Trinajstić information content (AvgIpc) is 3.09. The summed E-state index contributed by atoms with van der Waals surface area (Å²) in [6, 6.07) is 16.8. The van der Waals surface area contributed by atoms with E-state index in [2.05, 4.69) is 4.98 Å². The predicted octanol–water partition coefficient (Wildman–Crippen LogP) is 4.09. The Morgan fingerprint density at radius 3 is 2.41 bits per heavy atom. The van der Waals surface area contributed by atoms with E-state index in [0.717, 1.165) is 17.0 Å². The van der Waals surface area contributed by atoms with Crippen LogP contribution in [0.25, 0.3) is 11.5 Å². The normalized spacial score (nSPS) is 11.8. The molecule has 2 aromatic carbocycles. The van der Waals surface area contributed by atoms with Gasteiger partial charge in [0.15, 0.2) is 6.10 Å². The molecule has 0 fully saturated rings. The first-order chi connectivity index (χ1) is 13.1. The SMILES string of the molecule is COC(=O)C(OC)c1ccc(OCc2nc(-c3ccccc3)oc2C)cc1. The van der Waals surface area contributed by atoms with Crippen molar-refractivity contribution < 1.29 is 23.4 Å². The van der Waals surface area contributed by atoms with Crippen LogP contribution < -0.4 is 4.74 Å².